The molecule has 0 aliphatic carbocycles. The van der Waals surface area contributed by atoms with E-state index < -0.39 is 5.91 Å². The number of carbonyl (C=O) groups excluding carboxylic acids is 1. The summed E-state index contributed by atoms with van der Waals surface area (Å²) in [4.78, 5) is 12.6. The molecule has 3 rings (SSSR count). The zero-order valence-corrected chi connectivity index (χ0v) is 19.6. The van der Waals surface area contributed by atoms with Gasteiger partial charge in [-0.2, -0.15) is 5.26 Å². The van der Waals surface area contributed by atoms with Crippen molar-refractivity contribution in [1.82, 2.24) is 5.32 Å². The van der Waals surface area contributed by atoms with E-state index in [4.69, 9.17) is 21.1 Å². The summed E-state index contributed by atoms with van der Waals surface area (Å²) in [5.41, 5.74) is 3.34. The van der Waals surface area contributed by atoms with Gasteiger partial charge in [-0.25, -0.2) is 0 Å². The molecule has 0 aromatic heterocycles. The summed E-state index contributed by atoms with van der Waals surface area (Å²) in [6, 6.07) is 22.5. The zero-order valence-electron chi connectivity index (χ0n) is 18.9. The number of nitrogens with one attached hydrogen (secondary N) is 1. The fourth-order valence-corrected chi connectivity index (χ4v) is 3.57. The molecule has 0 spiro atoms. The van der Waals surface area contributed by atoms with Crippen LogP contribution in [0.1, 0.15) is 22.3 Å². The van der Waals surface area contributed by atoms with Gasteiger partial charge in [-0.3, -0.25) is 4.79 Å². The van der Waals surface area contributed by atoms with Crippen molar-refractivity contribution >= 4 is 23.6 Å². The number of methoxy groups -OCH3 is 1. The van der Waals surface area contributed by atoms with Gasteiger partial charge in [-0.1, -0.05) is 60.1 Å². The average Bonchev–Trinajstić information content (AvgIpc) is 2.85. The van der Waals surface area contributed by atoms with Crippen LogP contribution in [-0.4, -0.2) is 13.0 Å². The minimum atomic E-state index is -0.447. The number of amides is 1. The molecule has 3 aromatic rings. The highest BCUT2D eigenvalue weighted by Gasteiger charge is 2.15. The number of nitriles is 1. The van der Waals surface area contributed by atoms with Crippen LogP contribution >= 0.6 is 11.6 Å². The minimum Gasteiger partial charge on any atom is -0.493 e. The predicted molar refractivity (Wildman–Crippen MR) is 135 cm³/mol. The first-order valence-corrected chi connectivity index (χ1v) is 11.0. The Morgan fingerprint density at radius 2 is 1.88 bits per heavy atom. The van der Waals surface area contributed by atoms with Crippen LogP contribution in [0.4, 0.5) is 0 Å². The molecule has 1 amide bonds. The summed E-state index contributed by atoms with van der Waals surface area (Å²) in [5.74, 6) is 0.623. The Bertz CT molecular complexity index is 1230. The predicted octanol–water partition coefficient (Wildman–Crippen LogP) is 5.88. The largest absolute Gasteiger partial charge is 0.493 e. The molecule has 6 heteroatoms. The Morgan fingerprint density at radius 1 is 1.12 bits per heavy atom. The Morgan fingerprint density at radius 3 is 2.56 bits per heavy atom. The maximum atomic E-state index is 12.6. The Labute approximate surface area is 204 Å². The smallest absolute Gasteiger partial charge is 0.262 e. The second-order valence-electron chi connectivity index (χ2n) is 7.46. The third kappa shape index (κ3) is 6.74. The lowest BCUT2D eigenvalue weighted by Crippen LogP contribution is -2.23. The van der Waals surface area contributed by atoms with Crippen molar-refractivity contribution in [2.45, 2.75) is 19.6 Å². The highest BCUT2D eigenvalue weighted by Crippen LogP contribution is 2.35. The van der Waals surface area contributed by atoms with Crippen LogP contribution in [0, 0.1) is 11.3 Å². The van der Waals surface area contributed by atoms with Gasteiger partial charge in [0.25, 0.3) is 5.91 Å². The fraction of sp³-hybridized carbons (Fsp3) is 0.143. The van der Waals surface area contributed by atoms with Crippen LogP contribution in [0.15, 0.2) is 85.0 Å². The molecular formula is C28H25ClN2O3. The minimum absolute atomic E-state index is 0.00451. The SMILES string of the molecule is C=CCc1cc(/C=C(\C#N)C(=O)NCc2ccccc2)cc(OC)c1OCc1cccc(Cl)c1. The number of rotatable bonds is 10. The van der Waals surface area contributed by atoms with Gasteiger partial charge in [0.1, 0.15) is 18.2 Å². The Balaban J connectivity index is 1.84. The molecule has 5 nitrogen and oxygen atoms in total. The first-order chi connectivity index (χ1) is 16.5. The van der Waals surface area contributed by atoms with E-state index in [1.807, 2.05) is 60.7 Å². The second-order valence-corrected chi connectivity index (χ2v) is 7.90. The molecule has 3 aromatic carbocycles. The number of allylic oxidation sites excluding steroid dienone is 1. The van der Waals surface area contributed by atoms with Gasteiger partial charge in [0.05, 0.1) is 7.11 Å². The Hall–Kier alpha value is -4.01. The van der Waals surface area contributed by atoms with Crippen LogP contribution in [0.2, 0.25) is 5.02 Å². The number of benzene rings is 3. The van der Waals surface area contributed by atoms with Crippen LogP contribution in [0.25, 0.3) is 6.08 Å². The quantitative estimate of drug-likeness (QED) is 0.227. The molecule has 0 aliphatic rings. The van der Waals surface area contributed by atoms with Gasteiger partial charge >= 0.3 is 0 Å². The topological polar surface area (TPSA) is 71.4 Å². The molecule has 1 N–H and O–H groups in total. The number of carbonyl (C=O) groups is 1. The van der Waals surface area contributed by atoms with Gasteiger partial charge in [0.2, 0.25) is 0 Å². The Kier molecular flexibility index (Phi) is 8.90. The van der Waals surface area contributed by atoms with Crippen LogP contribution in [0.3, 0.4) is 0 Å². The second kappa shape index (κ2) is 12.3. The van der Waals surface area contributed by atoms with Crippen molar-refractivity contribution in [2.75, 3.05) is 7.11 Å². The molecule has 0 fully saturated rings. The summed E-state index contributed by atoms with van der Waals surface area (Å²) in [6.45, 7) is 4.47. The molecule has 0 radical (unpaired) electrons. The van der Waals surface area contributed by atoms with Crippen molar-refractivity contribution in [3.8, 4) is 17.6 Å². The lowest BCUT2D eigenvalue weighted by atomic mass is 10.0. The van der Waals surface area contributed by atoms with Gasteiger partial charge in [0.15, 0.2) is 11.5 Å². The summed E-state index contributed by atoms with van der Waals surface area (Å²) in [6.07, 6.45) is 3.81. The van der Waals surface area contributed by atoms with E-state index in [1.54, 1.807) is 25.3 Å². The molecule has 0 saturated heterocycles. The molecule has 0 heterocycles. The summed E-state index contributed by atoms with van der Waals surface area (Å²) >= 11 is 6.07. The van der Waals surface area contributed by atoms with E-state index in [9.17, 15) is 10.1 Å². The number of nitrogens with zero attached hydrogens (tertiary/aromatic N) is 1. The monoisotopic (exact) mass is 472 g/mol. The van der Waals surface area contributed by atoms with E-state index in [0.717, 1.165) is 16.7 Å². The van der Waals surface area contributed by atoms with Crippen molar-refractivity contribution in [2.24, 2.45) is 0 Å². The normalized spacial score (nSPS) is 10.8. The van der Waals surface area contributed by atoms with Gasteiger partial charge < -0.3 is 14.8 Å². The molecule has 0 unspecified atom stereocenters. The van der Waals surface area contributed by atoms with Gasteiger partial charge in [-0.05, 0) is 53.5 Å². The molecule has 0 saturated carbocycles. The van der Waals surface area contributed by atoms with Crippen molar-refractivity contribution < 1.29 is 14.3 Å². The molecule has 0 aliphatic heterocycles. The number of hydrogen-bond acceptors (Lipinski definition) is 4. The van der Waals surface area contributed by atoms with Crippen molar-refractivity contribution in [1.29, 1.82) is 5.26 Å². The average molecular weight is 473 g/mol. The van der Waals surface area contributed by atoms with Crippen LogP contribution in [-0.2, 0) is 24.4 Å². The van der Waals surface area contributed by atoms with Gasteiger partial charge in [0, 0.05) is 17.1 Å². The summed E-state index contributed by atoms with van der Waals surface area (Å²) < 4.78 is 11.6. The van der Waals surface area contributed by atoms with E-state index in [1.165, 1.54) is 6.08 Å². The van der Waals surface area contributed by atoms with E-state index in [-0.39, 0.29) is 5.57 Å². The summed E-state index contributed by atoms with van der Waals surface area (Å²) in [7, 11) is 1.55. The molecular weight excluding hydrogens is 448 g/mol. The first-order valence-electron chi connectivity index (χ1n) is 10.7. The first kappa shape index (κ1) is 24.6. The lowest BCUT2D eigenvalue weighted by Gasteiger charge is -2.16. The summed E-state index contributed by atoms with van der Waals surface area (Å²) in [5, 5.41) is 13.0. The van der Waals surface area contributed by atoms with E-state index in [0.29, 0.717) is 41.7 Å². The van der Waals surface area contributed by atoms with E-state index >= 15 is 0 Å². The number of ether oxygens (including phenoxy) is 2. The standard InChI is InChI=1S/C28H25ClN2O3/c1-3-8-23-13-22(14-24(17-30)28(32)31-18-20-9-5-4-6-10-20)16-26(33-2)27(23)34-19-21-11-7-12-25(29)15-21/h3-7,9-16H,1,8,18-19H2,2H3,(H,31,32)/b24-14+. The highest BCUT2D eigenvalue weighted by atomic mass is 35.5. The van der Waals surface area contributed by atoms with Crippen LogP contribution < -0.4 is 14.8 Å². The maximum Gasteiger partial charge on any atom is 0.262 e. The number of hydrogen-bond donors (Lipinski definition) is 1. The highest BCUT2D eigenvalue weighted by molar-refractivity contribution is 6.30. The molecule has 0 bridgehead atoms. The maximum absolute atomic E-state index is 12.6. The third-order valence-electron chi connectivity index (χ3n) is 4.98. The van der Waals surface area contributed by atoms with E-state index in [2.05, 4.69) is 11.9 Å². The molecule has 0 atom stereocenters. The fourth-order valence-electron chi connectivity index (χ4n) is 3.36. The molecule has 172 valence electrons. The van der Waals surface area contributed by atoms with Crippen molar-refractivity contribution in [3.63, 3.8) is 0 Å². The third-order valence-corrected chi connectivity index (χ3v) is 5.22. The lowest BCUT2D eigenvalue weighted by molar-refractivity contribution is -0.117. The number of halogens is 1. The van der Waals surface area contributed by atoms with Gasteiger partial charge in [-0.15, -0.1) is 6.58 Å². The van der Waals surface area contributed by atoms with Crippen molar-refractivity contribution in [3.05, 3.63) is 112 Å². The van der Waals surface area contributed by atoms with Crippen LogP contribution in [0.5, 0.6) is 11.5 Å². The zero-order chi connectivity index (χ0) is 24.3. The molecule has 34 heavy (non-hydrogen) atoms.